The molecule has 0 fully saturated rings. The van der Waals surface area contributed by atoms with E-state index < -0.39 is 11.9 Å². The fraction of sp³-hybridized carbons (Fsp3) is 0.0526. The monoisotopic (exact) mass is 446 g/mol. The summed E-state index contributed by atoms with van der Waals surface area (Å²) in [7, 11) is 0. The number of hydrogen-bond donors (Lipinski definition) is 2. The molecule has 3 aromatic rings. The molecule has 6 heteroatoms. The first-order valence-electron chi connectivity index (χ1n) is 7.54. The lowest BCUT2D eigenvalue weighted by atomic mass is 10.1. The average molecular weight is 446 g/mol. The Hall–Kier alpha value is -2.61. The molecule has 5 nitrogen and oxygen atoms in total. The van der Waals surface area contributed by atoms with Crippen LogP contribution in [-0.4, -0.2) is 18.5 Å². The zero-order chi connectivity index (χ0) is 17.8. The van der Waals surface area contributed by atoms with Crippen molar-refractivity contribution in [1.82, 2.24) is 0 Å². The number of esters is 1. The molecule has 0 saturated heterocycles. The quantitative estimate of drug-likeness (QED) is 0.363. The van der Waals surface area contributed by atoms with Gasteiger partial charge < -0.3 is 15.8 Å². The summed E-state index contributed by atoms with van der Waals surface area (Å²) < 4.78 is 6.15. The summed E-state index contributed by atoms with van der Waals surface area (Å²) in [6.07, 6.45) is 0. The molecule has 3 aromatic carbocycles. The summed E-state index contributed by atoms with van der Waals surface area (Å²) in [5.74, 6) is -1.03. The van der Waals surface area contributed by atoms with E-state index in [1.165, 1.54) is 0 Å². The van der Waals surface area contributed by atoms with Gasteiger partial charge in [-0.15, -0.1) is 0 Å². The summed E-state index contributed by atoms with van der Waals surface area (Å²) in [6, 6.07) is 18.3. The number of halogens is 1. The number of carbonyl (C=O) groups is 2. The highest BCUT2D eigenvalue weighted by atomic mass is 127. The largest absolute Gasteiger partial charge is 0.452 e. The van der Waals surface area contributed by atoms with E-state index in [0.29, 0.717) is 11.4 Å². The molecule has 0 radical (unpaired) electrons. The van der Waals surface area contributed by atoms with Crippen LogP contribution in [-0.2, 0) is 9.53 Å². The molecule has 0 aliphatic carbocycles. The molecule has 3 rings (SSSR count). The molecule has 1 amide bonds. The van der Waals surface area contributed by atoms with Gasteiger partial charge in [0, 0.05) is 14.9 Å². The second-order valence-corrected chi connectivity index (χ2v) is 6.66. The average Bonchev–Trinajstić information content (AvgIpc) is 2.61. The fourth-order valence-corrected chi connectivity index (χ4v) is 2.73. The second kappa shape index (κ2) is 7.52. The van der Waals surface area contributed by atoms with E-state index in [1.807, 2.05) is 36.4 Å². The van der Waals surface area contributed by atoms with Crippen LogP contribution in [0.15, 0.2) is 60.7 Å². The summed E-state index contributed by atoms with van der Waals surface area (Å²) in [6.45, 7) is -0.378. The molecule has 0 bridgehead atoms. The van der Waals surface area contributed by atoms with Gasteiger partial charge in [0.1, 0.15) is 0 Å². The Kier molecular flexibility index (Phi) is 5.18. The Morgan fingerprint density at radius 1 is 1.00 bits per heavy atom. The Morgan fingerprint density at radius 2 is 1.64 bits per heavy atom. The van der Waals surface area contributed by atoms with Crippen molar-refractivity contribution in [2.45, 2.75) is 0 Å². The van der Waals surface area contributed by atoms with Crippen LogP contribution < -0.4 is 11.1 Å². The van der Waals surface area contributed by atoms with Crippen LogP contribution in [0.2, 0.25) is 0 Å². The number of anilines is 2. The molecule has 0 saturated carbocycles. The van der Waals surface area contributed by atoms with Crippen LogP contribution >= 0.6 is 22.6 Å². The first-order chi connectivity index (χ1) is 12.0. The third-order valence-corrected chi connectivity index (χ3v) is 4.32. The molecule has 0 aromatic heterocycles. The number of ether oxygens (including phenoxy) is 1. The van der Waals surface area contributed by atoms with Gasteiger partial charge in [-0.2, -0.15) is 0 Å². The molecular formula is C19H15IN2O3. The first-order valence-corrected chi connectivity index (χ1v) is 8.61. The van der Waals surface area contributed by atoms with Crippen LogP contribution in [0.5, 0.6) is 0 Å². The second-order valence-electron chi connectivity index (χ2n) is 5.42. The topological polar surface area (TPSA) is 81.4 Å². The van der Waals surface area contributed by atoms with Crippen molar-refractivity contribution in [3.63, 3.8) is 0 Å². The maximum atomic E-state index is 12.2. The first kappa shape index (κ1) is 17.2. The molecule has 126 valence electrons. The van der Waals surface area contributed by atoms with Crippen molar-refractivity contribution >= 4 is 56.6 Å². The molecule has 0 aliphatic rings. The van der Waals surface area contributed by atoms with Crippen molar-refractivity contribution in [3.05, 3.63) is 69.8 Å². The van der Waals surface area contributed by atoms with Crippen LogP contribution in [0.3, 0.4) is 0 Å². The molecular weight excluding hydrogens is 431 g/mol. The predicted octanol–water partition coefficient (Wildman–Crippen LogP) is 3.82. The third-order valence-electron chi connectivity index (χ3n) is 3.60. The zero-order valence-electron chi connectivity index (χ0n) is 13.2. The van der Waals surface area contributed by atoms with E-state index in [2.05, 4.69) is 27.9 Å². The van der Waals surface area contributed by atoms with Crippen molar-refractivity contribution in [3.8, 4) is 0 Å². The van der Waals surface area contributed by atoms with Gasteiger partial charge >= 0.3 is 5.97 Å². The van der Waals surface area contributed by atoms with Gasteiger partial charge in [-0.25, -0.2) is 4.79 Å². The summed E-state index contributed by atoms with van der Waals surface area (Å²) in [4.78, 5) is 24.1. The fourth-order valence-electron chi connectivity index (χ4n) is 2.37. The summed E-state index contributed by atoms with van der Waals surface area (Å²) in [5.41, 5.74) is 7.15. The molecule has 0 spiro atoms. The van der Waals surface area contributed by atoms with Gasteiger partial charge in [-0.3, -0.25) is 4.79 Å². The minimum absolute atomic E-state index is 0.251. The molecule has 0 aliphatic heterocycles. The minimum Gasteiger partial charge on any atom is -0.452 e. The Labute approximate surface area is 158 Å². The van der Waals surface area contributed by atoms with Crippen molar-refractivity contribution < 1.29 is 14.3 Å². The highest BCUT2D eigenvalue weighted by molar-refractivity contribution is 14.1. The third kappa shape index (κ3) is 4.27. The van der Waals surface area contributed by atoms with Gasteiger partial charge in [0.2, 0.25) is 0 Å². The molecule has 25 heavy (non-hydrogen) atoms. The van der Waals surface area contributed by atoms with Crippen molar-refractivity contribution in [2.75, 3.05) is 17.7 Å². The van der Waals surface area contributed by atoms with Crippen LogP contribution in [0, 0.1) is 3.57 Å². The SMILES string of the molecule is Nc1cc2ccccc2cc1C(=O)OCC(=O)Nc1ccc(I)cc1. The van der Waals surface area contributed by atoms with E-state index in [-0.39, 0.29) is 12.2 Å². The summed E-state index contributed by atoms with van der Waals surface area (Å²) >= 11 is 2.18. The van der Waals surface area contributed by atoms with Crippen LogP contribution in [0.1, 0.15) is 10.4 Å². The number of rotatable bonds is 4. The molecule has 0 heterocycles. The van der Waals surface area contributed by atoms with E-state index in [1.54, 1.807) is 24.3 Å². The highest BCUT2D eigenvalue weighted by Crippen LogP contribution is 2.22. The number of benzene rings is 3. The van der Waals surface area contributed by atoms with Gasteiger partial charge in [0.15, 0.2) is 6.61 Å². The van der Waals surface area contributed by atoms with Gasteiger partial charge in [-0.1, -0.05) is 24.3 Å². The zero-order valence-corrected chi connectivity index (χ0v) is 15.3. The Bertz CT molecular complexity index is 939. The maximum Gasteiger partial charge on any atom is 0.340 e. The van der Waals surface area contributed by atoms with Gasteiger partial charge in [0.25, 0.3) is 5.91 Å². The normalized spacial score (nSPS) is 10.4. The minimum atomic E-state index is -0.624. The summed E-state index contributed by atoms with van der Waals surface area (Å²) in [5, 5.41) is 4.49. The standard InChI is InChI=1S/C19H15IN2O3/c20-14-5-7-15(8-6-14)22-18(23)11-25-19(24)16-9-12-3-1-2-4-13(12)10-17(16)21/h1-10H,11,21H2,(H,22,23). The van der Waals surface area contributed by atoms with Crippen molar-refractivity contribution in [1.29, 1.82) is 0 Å². The molecule has 0 unspecified atom stereocenters. The lowest BCUT2D eigenvalue weighted by molar-refractivity contribution is -0.119. The predicted molar refractivity (Wildman–Crippen MR) is 106 cm³/mol. The van der Waals surface area contributed by atoms with E-state index in [4.69, 9.17) is 10.5 Å². The Balaban J connectivity index is 1.65. The smallest absolute Gasteiger partial charge is 0.340 e. The van der Waals surface area contributed by atoms with Crippen molar-refractivity contribution in [2.24, 2.45) is 0 Å². The number of nitrogens with one attached hydrogen (secondary N) is 1. The number of carbonyl (C=O) groups excluding carboxylic acids is 2. The van der Waals surface area contributed by atoms with E-state index >= 15 is 0 Å². The number of nitrogen functional groups attached to an aromatic ring is 1. The lowest BCUT2D eigenvalue weighted by Gasteiger charge is -2.09. The number of nitrogens with two attached hydrogens (primary N) is 1. The Morgan fingerprint density at radius 3 is 2.32 bits per heavy atom. The maximum absolute atomic E-state index is 12.2. The number of hydrogen-bond acceptors (Lipinski definition) is 4. The van der Waals surface area contributed by atoms with Gasteiger partial charge in [-0.05, 0) is 69.8 Å². The van der Waals surface area contributed by atoms with E-state index in [9.17, 15) is 9.59 Å². The highest BCUT2D eigenvalue weighted by Gasteiger charge is 2.14. The molecule has 0 atom stereocenters. The van der Waals surface area contributed by atoms with Crippen LogP contribution in [0.4, 0.5) is 11.4 Å². The number of amides is 1. The number of fused-ring (bicyclic) bond motifs is 1. The van der Waals surface area contributed by atoms with E-state index in [0.717, 1.165) is 14.3 Å². The van der Waals surface area contributed by atoms with Gasteiger partial charge in [0.05, 0.1) is 5.56 Å². The lowest BCUT2D eigenvalue weighted by Crippen LogP contribution is -2.21. The molecule has 3 N–H and O–H groups in total. The van der Waals surface area contributed by atoms with Crippen LogP contribution in [0.25, 0.3) is 10.8 Å².